The summed E-state index contributed by atoms with van der Waals surface area (Å²) in [4.78, 5) is 0. The minimum absolute atomic E-state index is 0.0675. The van der Waals surface area contributed by atoms with Crippen LogP contribution >= 0.6 is 0 Å². The highest BCUT2D eigenvalue weighted by atomic mass is 16.3. The zero-order valence-electron chi connectivity index (χ0n) is 10.9. The number of nitriles is 1. The van der Waals surface area contributed by atoms with Gasteiger partial charge in [-0.25, -0.2) is 0 Å². The van der Waals surface area contributed by atoms with Crippen molar-refractivity contribution in [1.29, 1.82) is 5.26 Å². The normalized spacial score (nSPS) is 10.4. The van der Waals surface area contributed by atoms with Crippen molar-refractivity contribution < 1.29 is 5.11 Å². The highest BCUT2D eigenvalue weighted by Crippen LogP contribution is 2.08. The third-order valence-electron chi connectivity index (χ3n) is 3.01. The Labute approximate surface area is 112 Å². The van der Waals surface area contributed by atoms with E-state index in [0.29, 0.717) is 5.69 Å². The summed E-state index contributed by atoms with van der Waals surface area (Å²) in [6.45, 7) is 1.53. The number of hydrogen-bond donors (Lipinski definition) is 2. The molecule has 1 aromatic heterocycles. The molecule has 19 heavy (non-hydrogen) atoms. The summed E-state index contributed by atoms with van der Waals surface area (Å²) in [5.41, 5.74) is 3.82. The van der Waals surface area contributed by atoms with Gasteiger partial charge in [0.2, 0.25) is 0 Å². The van der Waals surface area contributed by atoms with Gasteiger partial charge in [0, 0.05) is 26.3 Å². The zero-order valence-corrected chi connectivity index (χ0v) is 10.9. The largest absolute Gasteiger partial charge is 0.392 e. The van der Waals surface area contributed by atoms with Crippen LogP contribution in [0.2, 0.25) is 0 Å². The van der Waals surface area contributed by atoms with Crippen LogP contribution in [0.4, 0.5) is 0 Å². The van der Waals surface area contributed by atoms with Crippen molar-refractivity contribution in [1.82, 2.24) is 9.88 Å². The molecule has 1 heterocycles. The third-order valence-corrected chi connectivity index (χ3v) is 3.01. The number of benzene rings is 1. The van der Waals surface area contributed by atoms with Gasteiger partial charge in [-0.2, -0.15) is 5.26 Å². The maximum atomic E-state index is 9.07. The molecule has 0 atom stereocenters. The van der Waals surface area contributed by atoms with Crippen LogP contribution in [-0.2, 0) is 26.7 Å². The van der Waals surface area contributed by atoms with E-state index in [1.165, 1.54) is 0 Å². The quantitative estimate of drug-likeness (QED) is 0.854. The Hall–Kier alpha value is -2.09. The number of aryl methyl sites for hydroxylation is 1. The summed E-state index contributed by atoms with van der Waals surface area (Å²) in [5.74, 6) is 0. The van der Waals surface area contributed by atoms with Gasteiger partial charge in [-0.15, -0.1) is 0 Å². The predicted molar refractivity (Wildman–Crippen MR) is 73.0 cm³/mol. The minimum Gasteiger partial charge on any atom is -0.392 e. The molecule has 0 saturated heterocycles. The van der Waals surface area contributed by atoms with Crippen molar-refractivity contribution in [3.63, 3.8) is 0 Å². The average molecular weight is 255 g/mol. The van der Waals surface area contributed by atoms with E-state index < -0.39 is 0 Å². The van der Waals surface area contributed by atoms with Crippen molar-refractivity contribution in [2.75, 3.05) is 0 Å². The van der Waals surface area contributed by atoms with Crippen molar-refractivity contribution in [3.8, 4) is 6.07 Å². The van der Waals surface area contributed by atoms with Gasteiger partial charge in [-0.3, -0.25) is 0 Å². The number of aliphatic hydroxyl groups is 1. The second kappa shape index (κ2) is 6.19. The molecule has 0 unspecified atom stereocenters. The molecule has 0 amide bonds. The van der Waals surface area contributed by atoms with E-state index in [1.807, 2.05) is 48.1 Å². The molecule has 0 aliphatic carbocycles. The molecule has 0 radical (unpaired) electrons. The summed E-state index contributed by atoms with van der Waals surface area (Å²) in [7, 11) is 1.87. The van der Waals surface area contributed by atoms with Crippen molar-refractivity contribution >= 4 is 0 Å². The first-order chi connectivity index (χ1) is 9.22. The lowest BCUT2D eigenvalue weighted by Crippen LogP contribution is -2.12. The number of aromatic nitrogens is 1. The smallest absolute Gasteiger partial charge is 0.120 e. The topological polar surface area (TPSA) is 61.0 Å². The molecule has 98 valence electrons. The molecule has 2 rings (SSSR count). The molecule has 1 aromatic carbocycles. The van der Waals surface area contributed by atoms with Gasteiger partial charge in [0.15, 0.2) is 0 Å². The first kappa shape index (κ1) is 13.3. The lowest BCUT2D eigenvalue weighted by molar-refractivity contribution is 0.281. The molecule has 0 bridgehead atoms. The van der Waals surface area contributed by atoms with Crippen LogP contribution in [-0.4, -0.2) is 9.67 Å². The minimum atomic E-state index is 0.0675. The van der Waals surface area contributed by atoms with Crippen LogP contribution in [0.5, 0.6) is 0 Å². The first-order valence-electron chi connectivity index (χ1n) is 6.17. The molecule has 4 nitrogen and oxygen atoms in total. The number of rotatable bonds is 5. The van der Waals surface area contributed by atoms with Gasteiger partial charge in [0.25, 0.3) is 0 Å². The number of nitrogens with zero attached hydrogens (tertiary/aromatic N) is 2. The van der Waals surface area contributed by atoms with E-state index in [0.717, 1.165) is 29.8 Å². The van der Waals surface area contributed by atoms with Gasteiger partial charge in [0.05, 0.1) is 6.61 Å². The Morgan fingerprint density at radius 1 is 1.21 bits per heavy atom. The Morgan fingerprint density at radius 2 is 1.95 bits per heavy atom. The highest BCUT2D eigenvalue weighted by molar-refractivity contribution is 5.28. The third kappa shape index (κ3) is 3.44. The number of hydrogen-bond acceptors (Lipinski definition) is 3. The van der Waals surface area contributed by atoms with Crippen LogP contribution in [0.3, 0.4) is 0 Å². The van der Waals surface area contributed by atoms with Gasteiger partial charge in [-0.05, 0) is 22.8 Å². The molecular weight excluding hydrogens is 238 g/mol. The Kier molecular flexibility index (Phi) is 4.35. The summed E-state index contributed by atoms with van der Waals surface area (Å²) < 4.78 is 1.82. The molecule has 0 saturated carbocycles. The van der Waals surface area contributed by atoms with Crippen LogP contribution in [0, 0.1) is 11.3 Å². The first-order valence-corrected chi connectivity index (χ1v) is 6.17. The fourth-order valence-corrected chi connectivity index (χ4v) is 2.03. The van der Waals surface area contributed by atoms with E-state index in [4.69, 9.17) is 10.4 Å². The van der Waals surface area contributed by atoms with Gasteiger partial charge >= 0.3 is 0 Å². The molecular formula is C15H17N3O. The Bertz CT molecular complexity index is 596. The van der Waals surface area contributed by atoms with Crippen molar-refractivity contribution in [2.24, 2.45) is 7.05 Å². The molecule has 0 fully saturated rings. The summed E-state index contributed by atoms with van der Waals surface area (Å²) in [6.07, 6.45) is 1.95. The van der Waals surface area contributed by atoms with Crippen LogP contribution in [0.25, 0.3) is 0 Å². The monoisotopic (exact) mass is 255 g/mol. The maximum Gasteiger partial charge on any atom is 0.120 e. The lowest BCUT2D eigenvalue weighted by atomic mass is 10.1. The van der Waals surface area contributed by atoms with E-state index in [9.17, 15) is 0 Å². The number of aliphatic hydroxyl groups excluding tert-OH is 1. The predicted octanol–water partition coefficient (Wildman–Crippen LogP) is 1.68. The Morgan fingerprint density at radius 3 is 2.63 bits per heavy atom. The summed E-state index contributed by atoms with van der Waals surface area (Å²) in [6, 6.07) is 11.9. The van der Waals surface area contributed by atoms with Crippen LogP contribution in [0.15, 0.2) is 36.5 Å². The second-order valence-electron chi connectivity index (χ2n) is 4.54. The summed E-state index contributed by atoms with van der Waals surface area (Å²) >= 11 is 0. The zero-order chi connectivity index (χ0) is 13.7. The van der Waals surface area contributed by atoms with E-state index >= 15 is 0 Å². The van der Waals surface area contributed by atoms with Gasteiger partial charge < -0.3 is 15.0 Å². The average Bonchev–Trinajstić information content (AvgIpc) is 2.79. The standard InChI is InChI=1S/C15H17N3O/c1-18-10-14(6-15(18)7-16)9-17-8-12-3-2-4-13(5-12)11-19/h2-6,10,17,19H,8-9,11H2,1H3. The molecule has 0 spiro atoms. The fourth-order valence-electron chi connectivity index (χ4n) is 2.03. The SMILES string of the molecule is Cn1cc(CNCc2cccc(CO)c2)cc1C#N. The molecule has 2 aromatic rings. The van der Waals surface area contributed by atoms with Crippen LogP contribution in [0.1, 0.15) is 22.4 Å². The van der Waals surface area contributed by atoms with Crippen molar-refractivity contribution in [3.05, 3.63) is 58.9 Å². The Balaban J connectivity index is 1.90. The number of nitrogens with one attached hydrogen (secondary N) is 1. The fraction of sp³-hybridized carbons (Fsp3) is 0.267. The van der Waals surface area contributed by atoms with E-state index in [-0.39, 0.29) is 6.61 Å². The molecule has 4 heteroatoms. The van der Waals surface area contributed by atoms with E-state index in [2.05, 4.69) is 11.4 Å². The summed E-state index contributed by atoms with van der Waals surface area (Å²) in [5, 5.41) is 21.3. The molecule has 0 aliphatic rings. The highest BCUT2D eigenvalue weighted by Gasteiger charge is 2.02. The van der Waals surface area contributed by atoms with Gasteiger partial charge in [0.1, 0.15) is 11.8 Å². The lowest BCUT2D eigenvalue weighted by Gasteiger charge is -2.05. The van der Waals surface area contributed by atoms with E-state index in [1.54, 1.807) is 0 Å². The maximum absolute atomic E-state index is 9.07. The van der Waals surface area contributed by atoms with Gasteiger partial charge in [-0.1, -0.05) is 24.3 Å². The van der Waals surface area contributed by atoms with Crippen molar-refractivity contribution in [2.45, 2.75) is 19.7 Å². The second-order valence-corrected chi connectivity index (χ2v) is 4.54. The molecule has 2 N–H and O–H groups in total. The molecule has 0 aliphatic heterocycles. The van der Waals surface area contributed by atoms with Crippen LogP contribution < -0.4 is 5.32 Å².